The van der Waals surface area contributed by atoms with Crippen molar-refractivity contribution in [1.82, 2.24) is 0 Å². The summed E-state index contributed by atoms with van der Waals surface area (Å²) in [5.74, 6) is -1.09. The lowest BCUT2D eigenvalue weighted by Crippen LogP contribution is -2.29. The summed E-state index contributed by atoms with van der Waals surface area (Å²) < 4.78 is 32.6. The van der Waals surface area contributed by atoms with Gasteiger partial charge in [-0.1, -0.05) is 144 Å². The van der Waals surface area contributed by atoms with E-state index in [9.17, 15) is 29.3 Å². The van der Waals surface area contributed by atoms with Gasteiger partial charge in [0.25, 0.3) is 0 Å². The zero-order chi connectivity index (χ0) is 42.1. The minimum absolute atomic E-state index is 0.0121. The average molecular weight is 822 g/mol. The minimum atomic E-state index is -4.44. The van der Waals surface area contributed by atoms with Gasteiger partial charge in [0.2, 0.25) is 0 Å². The minimum Gasteiger partial charge on any atom is -0.462 e. The van der Waals surface area contributed by atoms with Crippen LogP contribution in [0.2, 0.25) is 0 Å². The van der Waals surface area contributed by atoms with Crippen molar-refractivity contribution in [2.45, 2.75) is 161 Å². The number of hydrogen-bond donors (Lipinski definition) is 4. The number of hydrogen-bond acceptors (Lipinski definition) is 10. The molecule has 4 atom stereocenters. The third kappa shape index (κ3) is 39.7. The van der Waals surface area contributed by atoms with E-state index >= 15 is 0 Å². The molecule has 0 aliphatic heterocycles. The Morgan fingerprint density at radius 1 is 0.614 bits per heavy atom. The van der Waals surface area contributed by atoms with Crippen molar-refractivity contribution < 1.29 is 47.8 Å². The molecular formula is C45H76NO10P. The van der Waals surface area contributed by atoms with Crippen molar-refractivity contribution in [3.8, 4) is 0 Å². The molecule has 0 aromatic rings. The van der Waals surface area contributed by atoms with E-state index in [2.05, 4.69) is 50.3 Å². The molecule has 0 radical (unpaired) electrons. The Hall–Kier alpha value is -2.89. The largest absolute Gasteiger partial charge is 0.472 e. The highest BCUT2D eigenvalue weighted by Gasteiger charge is 2.26. The number of nitrogens with two attached hydrogens (primary N) is 1. The van der Waals surface area contributed by atoms with E-state index in [1.807, 2.05) is 30.4 Å². The topological polar surface area (TPSA) is 175 Å². The van der Waals surface area contributed by atoms with Crippen LogP contribution in [0.15, 0.2) is 85.1 Å². The molecule has 0 aliphatic carbocycles. The van der Waals surface area contributed by atoms with Crippen LogP contribution in [0.1, 0.15) is 142 Å². The van der Waals surface area contributed by atoms with E-state index in [-0.39, 0.29) is 32.6 Å². The Kier molecular flexibility index (Phi) is 37.9. The number of phosphoric acid groups is 1. The smallest absolute Gasteiger partial charge is 0.462 e. The van der Waals surface area contributed by atoms with E-state index in [1.54, 1.807) is 18.2 Å². The summed E-state index contributed by atoms with van der Waals surface area (Å²) in [4.78, 5) is 34.9. The third-order valence-electron chi connectivity index (χ3n) is 8.46. The molecule has 0 rings (SSSR count). The lowest BCUT2D eigenvalue weighted by molar-refractivity contribution is -0.161. The van der Waals surface area contributed by atoms with E-state index in [0.29, 0.717) is 25.7 Å². The molecule has 12 heteroatoms. The summed E-state index contributed by atoms with van der Waals surface area (Å²) in [7, 11) is -4.44. The van der Waals surface area contributed by atoms with E-state index in [1.165, 1.54) is 19.3 Å². The molecule has 0 amide bonds. The van der Waals surface area contributed by atoms with Crippen molar-refractivity contribution in [2.75, 3.05) is 26.4 Å². The van der Waals surface area contributed by atoms with E-state index < -0.39 is 44.7 Å². The van der Waals surface area contributed by atoms with Crippen LogP contribution >= 0.6 is 7.82 Å². The zero-order valence-corrected chi connectivity index (χ0v) is 35.9. The number of ether oxygens (including phenoxy) is 2. The third-order valence-corrected chi connectivity index (χ3v) is 9.45. The van der Waals surface area contributed by atoms with Gasteiger partial charge in [-0.15, -0.1) is 0 Å². The van der Waals surface area contributed by atoms with Crippen LogP contribution in [0.25, 0.3) is 0 Å². The number of rotatable bonds is 38. The molecule has 1 unspecified atom stereocenters. The monoisotopic (exact) mass is 822 g/mol. The molecule has 0 bridgehead atoms. The number of aliphatic hydroxyl groups excluding tert-OH is 2. The number of carbonyl (C=O) groups excluding carboxylic acids is 2. The fourth-order valence-electron chi connectivity index (χ4n) is 5.21. The lowest BCUT2D eigenvalue weighted by atomic mass is 10.1. The Bertz CT molecular complexity index is 1240. The highest BCUT2D eigenvalue weighted by molar-refractivity contribution is 7.47. The van der Waals surface area contributed by atoms with E-state index in [0.717, 1.165) is 70.6 Å². The SMILES string of the molecule is CCCCC/C=C\C/C=C\C/C=C\CCCCCCC(=O)O[C@H](COC(=O)CCC[C@@H](O)/C=C/C=C\C/C=C\C=C\[C@@H](O)CCCCC)COP(=O)(O)OCCN. The Balaban J connectivity index is 4.47. The summed E-state index contributed by atoms with van der Waals surface area (Å²) in [6.07, 6.45) is 42.5. The van der Waals surface area contributed by atoms with Crippen LogP contribution in [-0.2, 0) is 32.7 Å². The second kappa shape index (κ2) is 39.9. The first-order chi connectivity index (χ1) is 27.6. The molecule has 0 aromatic heterocycles. The molecule has 5 N–H and O–H groups in total. The Morgan fingerprint density at radius 2 is 1.14 bits per heavy atom. The standard InChI is InChI=1S/C45H76NO10P/c1-3-5-7-8-9-10-11-12-13-14-15-16-17-18-22-25-29-35-45(50)56-43(40-55-57(51,52)54-38-37-46)39-53-44(49)36-30-34-42(48)33-28-24-21-19-20-23-27-32-41(47)31-26-6-4-2/h9-10,12-13,15-16,20-21,23-24,27-28,32-33,41-43,47-48H,3-8,11,14,17-19,22,25-26,29-31,34-40,46H2,1-2H3,(H,51,52)/b10-9-,13-12-,16-15-,23-20-,24-21-,32-27+,33-28+/t41-,42-,43+/m0/s1. The number of carbonyl (C=O) groups is 2. The Morgan fingerprint density at radius 3 is 1.75 bits per heavy atom. The van der Waals surface area contributed by atoms with Crippen molar-refractivity contribution in [1.29, 1.82) is 0 Å². The molecule has 326 valence electrons. The van der Waals surface area contributed by atoms with Gasteiger partial charge in [0.1, 0.15) is 6.61 Å². The second-order valence-corrected chi connectivity index (χ2v) is 15.4. The van der Waals surface area contributed by atoms with Gasteiger partial charge in [-0.05, 0) is 70.6 Å². The van der Waals surface area contributed by atoms with Crippen molar-refractivity contribution in [3.63, 3.8) is 0 Å². The van der Waals surface area contributed by atoms with Crippen molar-refractivity contribution >= 4 is 19.8 Å². The summed E-state index contributed by atoms with van der Waals surface area (Å²) >= 11 is 0. The summed E-state index contributed by atoms with van der Waals surface area (Å²) in [6.45, 7) is 3.29. The van der Waals surface area contributed by atoms with Crippen LogP contribution < -0.4 is 5.73 Å². The van der Waals surface area contributed by atoms with Gasteiger partial charge in [-0.3, -0.25) is 18.6 Å². The van der Waals surface area contributed by atoms with Gasteiger partial charge >= 0.3 is 19.8 Å². The van der Waals surface area contributed by atoms with E-state index in [4.69, 9.17) is 24.3 Å². The predicted molar refractivity (Wildman–Crippen MR) is 231 cm³/mol. The molecule has 0 heterocycles. The maximum absolute atomic E-state index is 12.6. The first-order valence-corrected chi connectivity index (χ1v) is 22.8. The zero-order valence-electron chi connectivity index (χ0n) is 35.0. The number of unbranched alkanes of at least 4 members (excludes halogenated alkanes) is 9. The maximum atomic E-state index is 12.6. The quantitative estimate of drug-likeness (QED) is 0.0153. The molecule has 11 nitrogen and oxygen atoms in total. The fourth-order valence-corrected chi connectivity index (χ4v) is 5.97. The normalized spacial score (nSPS) is 15.3. The van der Waals surface area contributed by atoms with Crippen LogP contribution in [0.5, 0.6) is 0 Å². The van der Waals surface area contributed by atoms with Gasteiger partial charge < -0.3 is 30.3 Å². The molecule has 57 heavy (non-hydrogen) atoms. The van der Waals surface area contributed by atoms with Crippen LogP contribution in [-0.4, -0.2) is 71.7 Å². The predicted octanol–water partition coefficient (Wildman–Crippen LogP) is 9.99. The fraction of sp³-hybridized carbons (Fsp3) is 0.644. The summed E-state index contributed by atoms with van der Waals surface area (Å²) in [5, 5.41) is 20.1. The first kappa shape index (κ1) is 54.1. The van der Waals surface area contributed by atoms with Crippen LogP contribution in [0.3, 0.4) is 0 Å². The first-order valence-electron chi connectivity index (χ1n) is 21.3. The highest BCUT2D eigenvalue weighted by Crippen LogP contribution is 2.43. The van der Waals surface area contributed by atoms with Crippen LogP contribution in [0, 0.1) is 0 Å². The van der Waals surface area contributed by atoms with Gasteiger partial charge in [0.15, 0.2) is 6.10 Å². The molecule has 0 aromatic carbocycles. The second-order valence-electron chi connectivity index (χ2n) is 13.9. The van der Waals surface area contributed by atoms with Gasteiger partial charge in [0.05, 0.1) is 25.4 Å². The molecule has 0 spiro atoms. The maximum Gasteiger partial charge on any atom is 0.472 e. The molecule has 0 fully saturated rings. The van der Waals surface area contributed by atoms with Crippen LogP contribution in [0.4, 0.5) is 0 Å². The van der Waals surface area contributed by atoms with Crippen molar-refractivity contribution in [3.05, 3.63) is 85.1 Å². The molecular weight excluding hydrogens is 745 g/mol. The highest BCUT2D eigenvalue weighted by atomic mass is 31.2. The average Bonchev–Trinajstić information content (AvgIpc) is 3.18. The number of allylic oxidation sites excluding steroid dienone is 12. The number of esters is 2. The summed E-state index contributed by atoms with van der Waals surface area (Å²) in [6, 6.07) is 0. The lowest BCUT2D eigenvalue weighted by Gasteiger charge is -2.20. The van der Waals surface area contributed by atoms with Gasteiger partial charge in [-0.25, -0.2) is 4.57 Å². The van der Waals surface area contributed by atoms with Gasteiger partial charge in [0, 0.05) is 19.4 Å². The molecule has 0 aliphatic rings. The molecule has 0 saturated carbocycles. The van der Waals surface area contributed by atoms with Gasteiger partial charge in [-0.2, -0.15) is 0 Å². The summed E-state index contributed by atoms with van der Waals surface area (Å²) in [5.41, 5.74) is 5.33. The number of aliphatic hydroxyl groups is 2. The Labute approximate surface area is 344 Å². The number of phosphoric ester groups is 1. The molecule has 0 saturated heterocycles. The van der Waals surface area contributed by atoms with Crippen molar-refractivity contribution in [2.24, 2.45) is 5.73 Å².